The van der Waals surface area contributed by atoms with Gasteiger partial charge in [0.05, 0.1) is 6.54 Å². The molecule has 0 heterocycles. The van der Waals surface area contributed by atoms with Crippen LogP contribution in [0.25, 0.3) is 10.8 Å². The van der Waals surface area contributed by atoms with Crippen molar-refractivity contribution in [2.75, 3.05) is 18.5 Å². The molecule has 0 fully saturated rings. The van der Waals surface area contributed by atoms with Crippen molar-refractivity contribution in [3.8, 4) is 0 Å². The van der Waals surface area contributed by atoms with E-state index in [-0.39, 0.29) is 18.5 Å². The monoisotopic (exact) mass is 313 g/mol. The fourth-order valence-corrected chi connectivity index (χ4v) is 2.25. The summed E-state index contributed by atoms with van der Waals surface area (Å²) < 4.78 is 0. The molecule has 2 aromatic rings. The van der Waals surface area contributed by atoms with Gasteiger partial charge >= 0.3 is 6.03 Å². The number of hydrogen-bond donors (Lipinski definition) is 2. The number of anilines is 1. The van der Waals surface area contributed by atoms with Crippen LogP contribution in [0.3, 0.4) is 0 Å². The number of urea groups is 1. The van der Waals surface area contributed by atoms with Crippen molar-refractivity contribution in [1.29, 1.82) is 0 Å². The molecule has 0 radical (unpaired) electrons. The molecular formula is C18H23N3O2. The minimum atomic E-state index is -0.448. The van der Waals surface area contributed by atoms with Crippen LogP contribution in [-0.2, 0) is 4.79 Å². The normalized spacial score (nSPS) is 11.8. The minimum absolute atomic E-state index is 0.0426. The number of rotatable bonds is 5. The second-order valence-corrected chi connectivity index (χ2v) is 5.72. The van der Waals surface area contributed by atoms with Gasteiger partial charge in [0.1, 0.15) is 0 Å². The van der Waals surface area contributed by atoms with E-state index in [1.54, 1.807) is 0 Å². The lowest BCUT2D eigenvalue weighted by Gasteiger charge is -2.19. The topological polar surface area (TPSA) is 61.4 Å². The summed E-state index contributed by atoms with van der Waals surface area (Å²) in [4.78, 5) is 25.4. The molecule has 3 amide bonds. The molecule has 0 aliphatic carbocycles. The van der Waals surface area contributed by atoms with E-state index in [0.29, 0.717) is 0 Å². The van der Waals surface area contributed by atoms with Gasteiger partial charge in [-0.2, -0.15) is 0 Å². The Hall–Kier alpha value is -2.56. The Kier molecular flexibility index (Phi) is 5.57. The Bertz CT molecular complexity index is 699. The zero-order chi connectivity index (χ0) is 16.8. The number of nitrogens with one attached hydrogen (secondary N) is 2. The molecular weight excluding hydrogens is 290 g/mol. The Balaban J connectivity index is 1.95. The fourth-order valence-electron chi connectivity index (χ4n) is 2.25. The van der Waals surface area contributed by atoms with Crippen LogP contribution in [0.2, 0.25) is 0 Å². The molecule has 5 heteroatoms. The molecule has 2 rings (SSSR count). The second-order valence-electron chi connectivity index (χ2n) is 5.72. The molecule has 0 saturated carbocycles. The van der Waals surface area contributed by atoms with Gasteiger partial charge in [0.25, 0.3) is 0 Å². The molecule has 5 nitrogen and oxygen atoms in total. The Morgan fingerprint density at radius 3 is 2.52 bits per heavy atom. The third kappa shape index (κ3) is 4.71. The minimum Gasteiger partial charge on any atom is -0.365 e. The maximum Gasteiger partial charge on any atom is 0.321 e. The summed E-state index contributed by atoms with van der Waals surface area (Å²) in [5.74, 6) is -0.332. The SMILES string of the molecule is CC[C@H](C)NC(=O)NC(=O)CN(C)c1ccc2ccccc2c1. The van der Waals surface area contributed by atoms with Crippen LogP contribution in [0.5, 0.6) is 0 Å². The van der Waals surface area contributed by atoms with E-state index in [2.05, 4.69) is 10.6 Å². The van der Waals surface area contributed by atoms with E-state index in [0.717, 1.165) is 22.9 Å². The van der Waals surface area contributed by atoms with Gasteiger partial charge in [-0.25, -0.2) is 4.79 Å². The number of hydrogen-bond acceptors (Lipinski definition) is 3. The molecule has 0 unspecified atom stereocenters. The smallest absolute Gasteiger partial charge is 0.321 e. The van der Waals surface area contributed by atoms with Gasteiger partial charge in [-0.1, -0.05) is 37.3 Å². The first-order valence-corrected chi connectivity index (χ1v) is 7.80. The van der Waals surface area contributed by atoms with Crippen molar-refractivity contribution < 1.29 is 9.59 Å². The summed E-state index contributed by atoms with van der Waals surface area (Å²) in [6.07, 6.45) is 0.818. The average Bonchev–Trinajstić information content (AvgIpc) is 2.53. The van der Waals surface area contributed by atoms with E-state index in [1.165, 1.54) is 0 Å². The summed E-state index contributed by atoms with van der Waals surface area (Å²) in [6, 6.07) is 13.7. The van der Waals surface area contributed by atoms with Gasteiger partial charge in [0, 0.05) is 18.8 Å². The molecule has 0 aromatic heterocycles. The van der Waals surface area contributed by atoms with Gasteiger partial charge < -0.3 is 10.2 Å². The highest BCUT2D eigenvalue weighted by molar-refractivity contribution is 5.96. The molecule has 0 aliphatic heterocycles. The summed E-state index contributed by atoms with van der Waals surface area (Å²) in [7, 11) is 1.83. The third-order valence-electron chi connectivity index (χ3n) is 3.80. The summed E-state index contributed by atoms with van der Waals surface area (Å²) in [5, 5.41) is 7.33. The van der Waals surface area contributed by atoms with Crippen molar-refractivity contribution >= 4 is 28.4 Å². The van der Waals surface area contributed by atoms with Crippen LogP contribution >= 0.6 is 0 Å². The number of likely N-dealkylation sites (N-methyl/N-ethyl adjacent to an activating group) is 1. The Morgan fingerprint density at radius 2 is 1.83 bits per heavy atom. The summed E-state index contributed by atoms with van der Waals surface area (Å²) >= 11 is 0. The fraction of sp³-hybridized carbons (Fsp3) is 0.333. The highest BCUT2D eigenvalue weighted by atomic mass is 16.2. The van der Waals surface area contributed by atoms with Gasteiger partial charge in [0.2, 0.25) is 5.91 Å². The molecule has 0 spiro atoms. The predicted molar refractivity (Wildman–Crippen MR) is 93.6 cm³/mol. The van der Waals surface area contributed by atoms with Crippen molar-refractivity contribution in [3.05, 3.63) is 42.5 Å². The molecule has 1 atom stereocenters. The van der Waals surface area contributed by atoms with E-state index in [9.17, 15) is 9.59 Å². The lowest BCUT2D eigenvalue weighted by atomic mass is 10.1. The molecule has 0 saturated heterocycles. The van der Waals surface area contributed by atoms with E-state index in [1.807, 2.05) is 68.3 Å². The van der Waals surface area contributed by atoms with Gasteiger partial charge in [-0.15, -0.1) is 0 Å². The van der Waals surface area contributed by atoms with Gasteiger partial charge in [-0.05, 0) is 36.2 Å². The number of fused-ring (bicyclic) bond motifs is 1. The number of carbonyl (C=O) groups excluding carboxylic acids is 2. The molecule has 122 valence electrons. The van der Waals surface area contributed by atoms with Crippen molar-refractivity contribution in [1.82, 2.24) is 10.6 Å². The zero-order valence-corrected chi connectivity index (χ0v) is 13.8. The van der Waals surface area contributed by atoms with Crippen molar-refractivity contribution in [2.24, 2.45) is 0 Å². The molecule has 2 N–H and O–H groups in total. The van der Waals surface area contributed by atoms with E-state index in [4.69, 9.17) is 0 Å². The van der Waals surface area contributed by atoms with Gasteiger partial charge in [-0.3, -0.25) is 10.1 Å². The quantitative estimate of drug-likeness (QED) is 0.892. The zero-order valence-electron chi connectivity index (χ0n) is 13.8. The largest absolute Gasteiger partial charge is 0.365 e. The highest BCUT2D eigenvalue weighted by Gasteiger charge is 2.12. The molecule has 2 aromatic carbocycles. The summed E-state index contributed by atoms with van der Waals surface area (Å²) in [6.45, 7) is 3.98. The van der Waals surface area contributed by atoms with Crippen molar-refractivity contribution in [2.45, 2.75) is 26.3 Å². The van der Waals surface area contributed by atoms with Crippen molar-refractivity contribution in [3.63, 3.8) is 0 Å². The van der Waals surface area contributed by atoms with E-state index < -0.39 is 6.03 Å². The standard InChI is InChI=1S/C18H23N3O2/c1-4-13(2)19-18(23)20-17(22)12-21(3)16-10-9-14-7-5-6-8-15(14)11-16/h5-11,13H,4,12H2,1-3H3,(H2,19,20,22,23)/t13-/m0/s1. The molecule has 0 bridgehead atoms. The average molecular weight is 313 g/mol. The first kappa shape index (κ1) is 16.8. The maximum atomic E-state index is 12.0. The Labute approximate surface area is 136 Å². The van der Waals surface area contributed by atoms with Crippen LogP contribution < -0.4 is 15.5 Å². The lowest BCUT2D eigenvalue weighted by molar-refractivity contribution is -0.118. The number of carbonyl (C=O) groups is 2. The first-order valence-electron chi connectivity index (χ1n) is 7.80. The molecule has 0 aliphatic rings. The lowest BCUT2D eigenvalue weighted by Crippen LogP contribution is -2.46. The second kappa shape index (κ2) is 7.63. The third-order valence-corrected chi connectivity index (χ3v) is 3.80. The number of nitrogens with zero attached hydrogens (tertiary/aromatic N) is 1. The van der Waals surface area contributed by atoms with Crippen LogP contribution in [-0.4, -0.2) is 31.6 Å². The summed E-state index contributed by atoms with van der Waals surface area (Å²) in [5.41, 5.74) is 0.932. The number of imide groups is 1. The maximum absolute atomic E-state index is 12.0. The van der Waals surface area contributed by atoms with E-state index >= 15 is 0 Å². The van der Waals surface area contributed by atoms with Crippen LogP contribution in [0.4, 0.5) is 10.5 Å². The number of amides is 3. The van der Waals surface area contributed by atoms with Gasteiger partial charge in [0.15, 0.2) is 0 Å². The van der Waals surface area contributed by atoms with Crippen LogP contribution in [0.15, 0.2) is 42.5 Å². The van der Waals surface area contributed by atoms with Crippen LogP contribution in [0.1, 0.15) is 20.3 Å². The highest BCUT2D eigenvalue weighted by Crippen LogP contribution is 2.20. The first-order chi connectivity index (χ1) is 11.0. The van der Waals surface area contributed by atoms with Crippen LogP contribution in [0, 0.1) is 0 Å². The predicted octanol–water partition coefficient (Wildman–Crippen LogP) is 2.90. The Morgan fingerprint density at radius 1 is 1.13 bits per heavy atom. The molecule has 23 heavy (non-hydrogen) atoms. The number of benzene rings is 2.